The van der Waals surface area contributed by atoms with E-state index in [-0.39, 0.29) is 5.82 Å². The van der Waals surface area contributed by atoms with Gasteiger partial charge >= 0.3 is 0 Å². The van der Waals surface area contributed by atoms with Crippen molar-refractivity contribution < 1.29 is 4.39 Å². The van der Waals surface area contributed by atoms with E-state index in [0.717, 1.165) is 10.9 Å². The molecule has 0 amide bonds. The molecule has 12 heavy (non-hydrogen) atoms. The second kappa shape index (κ2) is 2.56. The molecule has 0 saturated carbocycles. The number of fused-ring (bicyclic) bond motifs is 1. The maximum absolute atomic E-state index is 12.9. The van der Waals surface area contributed by atoms with Crippen LogP contribution in [0.4, 0.5) is 4.39 Å². The average molecular weight is 180 g/mol. The molecule has 0 nitrogen and oxygen atoms in total. The van der Waals surface area contributed by atoms with Crippen molar-refractivity contribution in [3.63, 3.8) is 0 Å². The summed E-state index contributed by atoms with van der Waals surface area (Å²) >= 11 is 1.72. The van der Waals surface area contributed by atoms with Gasteiger partial charge in [-0.15, -0.1) is 11.3 Å². The van der Waals surface area contributed by atoms with E-state index in [1.807, 2.05) is 19.9 Å². The molecule has 0 N–H and O–H groups in total. The quantitative estimate of drug-likeness (QED) is 0.580. The Kier molecular flexibility index (Phi) is 1.65. The largest absolute Gasteiger partial charge is 0.207 e. The zero-order valence-corrected chi connectivity index (χ0v) is 7.83. The number of halogens is 1. The van der Waals surface area contributed by atoms with Gasteiger partial charge in [0.1, 0.15) is 5.82 Å². The van der Waals surface area contributed by atoms with Gasteiger partial charge in [-0.1, -0.05) is 0 Å². The molecule has 0 aliphatic rings. The topological polar surface area (TPSA) is 0 Å². The third-order valence-corrected chi connectivity index (χ3v) is 3.09. The van der Waals surface area contributed by atoms with Gasteiger partial charge in [-0.25, -0.2) is 4.39 Å². The molecule has 2 rings (SSSR count). The molecular formula is C10H9FS. The fourth-order valence-electron chi connectivity index (χ4n) is 1.41. The van der Waals surface area contributed by atoms with Crippen molar-refractivity contribution in [3.05, 3.63) is 34.5 Å². The predicted molar refractivity (Wildman–Crippen MR) is 51.3 cm³/mol. The van der Waals surface area contributed by atoms with Crippen LogP contribution in [-0.2, 0) is 0 Å². The molecule has 2 heteroatoms. The van der Waals surface area contributed by atoms with Crippen LogP contribution in [0.25, 0.3) is 10.1 Å². The highest BCUT2D eigenvalue weighted by molar-refractivity contribution is 7.19. The number of aryl methyl sites for hydroxylation is 2. The molecule has 0 radical (unpaired) electrons. The Bertz CT molecular complexity index is 429. The predicted octanol–water partition coefficient (Wildman–Crippen LogP) is 3.66. The van der Waals surface area contributed by atoms with Crippen LogP contribution in [0.3, 0.4) is 0 Å². The summed E-state index contributed by atoms with van der Waals surface area (Å²) in [6, 6.07) is 5.19. The van der Waals surface area contributed by atoms with E-state index in [4.69, 9.17) is 0 Å². The molecule has 1 aromatic heterocycles. The molecule has 1 aromatic carbocycles. The van der Waals surface area contributed by atoms with Crippen molar-refractivity contribution in [3.8, 4) is 0 Å². The molecule has 0 aliphatic carbocycles. The molecule has 0 aliphatic heterocycles. The lowest BCUT2D eigenvalue weighted by atomic mass is 10.2. The Balaban J connectivity index is 2.88. The Labute approximate surface area is 74.6 Å². The summed E-state index contributed by atoms with van der Waals surface area (Å²) in [6.07, 6.45) is 0. The molecule has 62 valence electrons. The van der Waals surface area contributed by atoms with Crippen LogP contribution in [0.15, 0.2) is 18.2 Å². The maximum Gasteiger partial charge on any atom is 0.124 e. The van der Waals surface area contributed by atoms with E-state index in [1.54, 1.807) is 23.5 Å². The van der Waals surface area contributed by atoms with E-state index in [0.29, 0.717) is 0 Å². The minimum atomic E-state index is -0.141. The molecule has 0 atom stereocenters. The zero-order valence-electron chi connectivity index (χ0n) is 7.02. The van der Waals surface area contributed by atoms with E-state index in [9.17, 15) is 4.39 Å². The zero-order chi connectivity index (χ0) is 8.72. The molecule has 2 aromatic rings. The van der Waals surface area contributed by atoms with Gasteiger partial charge < -0.3 is 0 Å². The van der Waals surface area contributed by atoms with Gasteiger partial charge in [0.15, 0.2) is 0 Å². The minimum absolute atomic E-state index is 0.141. The standard InChI is InChI=1S/C10H9FS/c1-6-3-9(11)5-8-4-7(2)12-10(6)8/h3-5H,1-2H3. The summed E-state index contributed by atoms with van der Waals surface area (Å²) in [5.74, 6) is -0.141. The van der Waals surface area contributed by atoms with Crippen LogP contribution in [0.2, 0.25) is 0 Å². The van der Waals surface area contributed by atoms with Crippen molar-refractivity contribution in [2.75, 3.05) is 0 Å². The Morgan fingerprint density at radius 1 is 1.17 bits per heavy atom. The van der Waals surface area contributed by atoms with Crippen molar-refractivity contribution in [2.45, 2.75) is 13.8 Å². The van der Waals surface area contributed by atoms with Crippen molar-refractivity contribution in [2.24, 2.45) is 0 Å². The fraction of sp³-hybridized carbons (Fsp3) is 0.200. The first kappa shape index (κ1) is 7.74. The molecule has 0 bridgehead atoms. The monoisotopic (exact) mass is 180 g/mol. The van der Waals surface area contributed by atoms with E-state index in [1.165, 1.54) is 9.58 Å². The number of hydrogen-bond donors (Lipinski definition) is 0. The molecule has 0 spiro atoms. The summed E-state index contributed by atoms with van der Waals surface area (Å²) in [5.41, 5.74) is 1.03. The lowest BCUT2D eigenvalue weighted by Crippen LogP contribution is -1.76. The number of benzene rings is 1. The highest BCUT2D eigenvalue weighted by atomic mass is 32.1. The van der Waals surface area contributed by atoms with Gasteiger partial charge in [0.2, 0.25) is 0 Å². The lowest BCUT2D eigenvalue weighted by Gasteiger charge is -1.94. The van der Waals surface area contributed by atoms with Crippen LogP contribution in [0.1, 0.15) is 10.4 Å². The summed E-state index contributed by atoms with van der Waals surface area (Å²) in [6.45, 7) is 3.99. The van der Waals surface area contributed by atoms with Crippen molar-refractivity contribution in [1.29, 1.82) is 0 Å². The second-order valence-electron chi connectivity index (χ2n) is 3.00. The molecule has 0 unspecified atom stereocenters. The fourth-order valence-corrected chi connectivity index (χ4v) is 2.38. The first-order chi connectivity index (χ1) is 5.66. The van der Waals surface area contributed by atoms with Gasteiger partial charge in [-0.05, 0) is 43.0 Å². The highest BCUT2D eigenvalue weighted by Gasteiger charge is 2.03. The van der Waals surface area contributed by atoms with Gasteiger partial charge in [0.25, 0.3) is 0 Å². The smallest absolute Gasteiger partial charge is 0.124 e. The highest BCUT2D eigenvalue weighted by Crippen LogP contribution is 2.28. The molecule has 1 heterocycles. The Hall–Kier alpha value is -0.890. The Morgan fingerprint density at radius 2 is 1.92 bits per heavy atom. The summed E-state index contributed by atoms with van der Waals surface area (Å²) < 4.78 is 14.1. The number of rotatable bonds is 0. The average Bonchev–Trinajstić information content (AvgIpc) is 2.29. The summed E-state index contributed by atoms with van der Waals surface area (Å²) in [4.78, 5) is 1.23. The van der Waals surface area contributed by atoms with Gasteiger partial charge in [-0.3, -0.25) is 0 Å². The summed E-state index contributed by atoms with van der Waals surface area (Å²) in [5, 5.41) is 1.02. The van der Waals surface area contributed by atoms with Gasteiger partial charge in [-0.2, -0.15) is 0 Å². The van der Waals surface area contributed by atoms with Gasteiger partial charge in [0, 0.05) is 9.58 Å². The van der Waals surface area contributed by atoms with Crippen LogP contribution >= 0.6 is 11.3 Å². The molecule has 0 saturated heterocycles. The maximum atomic E-state index is 12.9. The van der Waals surface area contributed by atoms with Crippen LogP contribution < -0.4 is 0 Å². The normalized spacial score (nSPS) is 10.9. The third-order valence-electron chi connectivity index (χ3n) is 1.89. The molecular weight excluding hydrogens is 171 g/mol. The first-order valence-electron chi connectivity index (χ1n) is 3.83. The number of hydrogen-bond acceptors (Lipinski definition) is 1. The Morgan fingerprint density at radius 3 is 2.67 bits per heavy atom. The minimum Gasteiger partial charge on any atom is -0.207 e. The second-order valence-corrected chi connectivity index (χ2v) is 4.25. The lowest BCUT2D eigenvalue weighted by molar-refractivity contribution is 0.629. The van der Waals surface area contributed by atoms with Crippen LogP contribution in [0.5, 0.6) is 0 Å². The first-order valence-corrected chi connectivity index (χ1v) is 4.65. The van der Waals surface area contributed by atoms with E-state index < -0.39 is 0 Å². The van der Waals surface area contributed by atoms with Crippen LogP contribution in [0, 0.1) is 19.7 Å². The van der Waals surface area contributed by atoms with Gasteiger partial charge in [0.05, 0.1) is 0 Å². The van der Waals surface area contributed by atoms with E-state index >= 15 is 0 Å². The third kappa shape index (κ3) is 1.12. The number of thiophene rings is 1. The summed E-state index contributed by atoms with van der Waals surface area (Å²) in [7, 11) is 0. The van der Waals surface area contributed by atoms with Crippen molar-refractivity contribution >= 4 is 21.4 Å². The van der Waals surface area contributed by atoms with Crippen molar-refractivity contribution in [1.82, 2.24) is 0 Å². The SMILES string of the molecule is Cc1cc2cc(F)cc(C)c2s1. The van der Waals surface area contributed by atoms with E-state index in [2.05, 4.69) is 0 Å². The molecule has 0 fully saturated rings. The van der Waals surface area contributed by atoms with Crippen LogP contribution in [-0.4, -0.2) is 0 Å².